The SMILES string of the molecule is CC(C)C(CNC1CC(O)C1(C)C)C(C)C. The first-order valence-corrected chi connectivity index (χ1v) is 6.68. The molecule has 1 rings (SSSR count). The van der Waals surface area contributed by atoms with Crippen molar-refractivity contribution in [3.8, 4) is 0 Å². The van der Waals surface area contributed by atoms with Crippen LogP contribution in [-0.4, -0.2) is 23.8 Å². The van der Waals surface area contributed by atoms with Crippen LogP contribution >= 0.6 is 0 Å². The van der Waals surface area contributed by atoms with E-state index in [0.717, 1.165) is 30.7 Å². The summed E-state index contributed by atoms with van der Waals surface area (Å²) in [5.41, 5.74) is 0.0541. The first kappa shape index (κ1) is 14.0. The maximum Gasteiger partial charge on any atom is 0.0621 e. The predicted octanol–water partition coefficient (Wildman–Crippen LogP) is 2.66. The van der Waals surface area contributed by atoms with E-state index in [-0.39, 0.29) is 11.5 Å². The lowest BCUT2D eigenvalue weighted by Gasteiger charge is -2.50. The highest BCUT2D eigenvalue weighted by atomic mass is 16.3. The van der Waals surface area contributed by atoms with Crippen molar-refractivity contribution in [1.29, 1.82) is 0 Å². The quantitative estimate of drug-likeness (QED) is 0.757. The van der Waals surface area contributed by atoms with Gasteiger partial charge in [-0.3, -0.25) is 0 Å². The zero-order valence-electron chi connectivity index (χ0n) is 11.7. The van der Waals surface area contributed by atoms with Gasteiger partial charge in [-0.05, 0) is 30.7 Å². The molecule has 2 nitrogen and oxygen atoms in total. The summed E-state index contributed by atoms with van der Waals surface area (Å²) in [6.07, 6.45) is 0.789. The van der Waals surface area contributed by atoms with Gasteiger partial charge in [0.25, 0.3) is 0 Å². The molecule has 1 aliphatic rings. The lowest BCUT2D eigenvalue weighted by Crippen LogP contribution is -2.60. The molecular formula is C14H29NO. The van der Waals surface area contributed by atoms with Crippen LogP contribution in [0.5, 0.6) is 0 Å². The van der Waals surface area contributed by atoms with Crippen LogP contribution in [0.2, 0.25) is 0 Å². The summed E-state index contributed by atoms with van der Waals surface area (Å²) in [6.45, 7) is 14.6. The van der Waals surface area contributed by atoms with Gasteiger partial charge in [0, 0.05) is 11.5 Å². The Kier molecular flexibility index (Phi) is 4.42. The Hall–Kier alpha value is -0.0800. The van der Waals surface area contributed by atoms with Gasteiger partial charge in [-0.2, -0.15) is 0 Å². The van der Waals surface area contributed by atoms with Gasteiger partial charge in [-0.15, -0.1) is 0 Å². The van der Waals surface area contributed by atoms with Crippen LogP contribution in [-0.2, 0) is 0 Å². The first-order chi connectivity index (χ1) is 7.26. The van der Waals surface area contributed by atoms with Gasteiger partial charge in [0.15, 0.2) is 0 Å². The van der Waals surface area contributed by atoms with Crippen LogP contribution in [0.3, 0.4) is 0 Å². The number of aliphatic hydroxyl groups excluding tert-OH is 1. The topological polar surface area (TPSA) is 32.3 Å². The largest absolute Gasteiger partial charge is 0.392 e. The zero-order valence-corrected chi connectivity index (χ0v) is 11.7. The van der Waals surface area contributed by atoms with Crippen molar-refractivity contribution in [2.24, 2.45) is 23.2 Å². The number of hydrogen-bond donors (Lipinski definition) is 2. The Morgan fingerprint density at radius 3 is 2.00 bits per heavy atom. The molecule has 0 radical (unpaired) electrons. The fourth-order valence-electron chi connectivity index (χ4n) is 2.77. The smallest absolute Gasteiger partial charge is 0.0621 e. The van der Waals surface area contributed by atoms with Crippen molar-refractivity contribution in [1.82, 2.24) is 5.32 Å². The second-order valence-corrected chi connectivity index (χ2v) is 6.69. The van der Waals surface area contributed by atoms with Gasteiger partial charge in [-0.25, -0.2) is 0 Å². The maximum atomic E-state index is 9.69. The highest BCUT2D eigenvalue weighted by Gasteiger charge is 2.47. The Labute approximate surface area is 101 Å². The van der Waals surface area contributed by atoms with Crippen LogP contribution in [0.1, 0.15) is 48.0 Å². The van der Waals surface area contributed by atoms with E-state index in [9.17, 15) is 5.11 Å². The molecular weight excluding hydrogens is 198 g/mol. The van der Waals surface area contributed by atoms with E-state index in [2.05, 4.69) is 46.9 Å². The third-order valence-electron chi connectivity index (χ3n) is 4.53. The summed E-state index contributed by atoms with van der Waals surface area (Å²) in [7, 11) is 0. The van der Waals surface area contributed by atoms with Crippen molar-refractivity contribution in [2.75, 3.05) is 6.54 Å². The molecule has 0 spiro atoms. The monoisotopic (exact) mass is 227 g/mol. The third-order valence-corrected chi connectivity index (χ3v) is 4.53. The van der Waals surface area contributed by atoms with Crippen molar-refractivity contribution >= 4 is 0 Å². The number of rotatable bonds is 5. The van der Waals surface area contributed by atoms with E-state index in [1.165, 1.54) is 0 Å². The fourth-order valence-corrected chi connectivity index (χ4v) is 2.77. The van der Waals surface area contributed by atoms with Crippen LogP contribution < -0.4 is 5.32 Å². The van der Waals surface area contributed by atoms with Crippen molar-refractivity contribution in [3.63, 3.8) is 0 Å². The van der Waals surface area contributed by atoms with Gasteiger partial charge in [-0.1, -0.05) is 41.5 Å². The van der Waals surface area contributed by atoms with Gasteiger partial charge in [0.1, 0.15) is 0 Å². The molecule has 0 saturated heterocycles. The molecule has 0 aromatic rings. The summed E-state index contributed by atoms with van der Waals surface area (Å²) in [5.74, 6) is 2.18. The lowest BCUT2D eigenvalue weighted by atomic mass is 9.64. The predicted molar refractivity (Wildman–Crippen MR) is 69.4 cm³/mol. The second kappa shape index (κ2) is 5.05. The van der Waals surface area contributed by atoms with Gasteiger partial charge in [0.05, 0.1) is 6.10 Å². The minimum absolute atomic E-state index is 0.0541. The third kappa shape index (κ3) is 2.78. The van der Waals surface area contributed by atoms with Crippen molar-refractivity contribution in [3.05, 3.63) is 0 Å². The van der Waals surface area contributed by atoms with E-state index in [1.807, 2.05) is 0 Å². The molecule has 0 aromatic carbocycles. The lowest BCUT2D eigenvalue weighted by molar-refractivity contribution is -0.0742. The molecule has 2 atom stereocenters. The van der Waals surface area contributed by atoms with Gasteiger partial charge < -0.3 is 10.4 Å². The van der Waals surface area contributed by atoms with E-state index in [4.69, 9.17) is 0 Å². The first-order valence-electron chi connectivity index (χ1n) is 6.68. The Balaban J connectivity index is 2.40. The zero-order chi connectivity index (χ0) is 12.5. The summed E-state index contributed by atoms with van der Waals surface area (Å²) in [5, 5.41) is 13.3. The highest BCUT2D eigenvalue weighted by molar-refractivity contribution is 5.01. The van der Waals surface area contributed by atoms with Crippen LogP contribution in [0.15, 0.2) is 0 Å². The Morgan fingerprint density at radius 1 is 1.19 bits per heavy atom. The summed E-state index contributed by atoms with van der Waals surface area (Å²) in [4.78, 5) is 0. The Bertz CT molecular complexity index is 215. The number of nitrogens with one attached hydrogen (secondary N) is 1. The molecule has 2 N–H and O–H groups in total. The molecule has 2 heteroatoms. The molecule has 0 bridgehead atoms. The minimum Gasteiger partial charge on any atom is -0.392 e. The fraction of sp³-hybridized carbons (Fsp3) is 1.00. The molecule has 0 aliphatic heterocycles. The number of aliphatic hydroxyl groups is 1. The van der Waals surface area contributed by atoms with Crippen molar-refractivity contribution < 1.29 is 5.11 Å². The molecule has 96 valence electrons. The molecule has 16 heavy (non-hydrogen) atoms. The van der Waals surface area contributed by atoms with Gasteiger partial charge in [0.2, 0.25) is 0 Å². The minimum atomic E-state index is -0.124. The maximum absolute atomic E-state index is 9.69. The molecule has 0 heterocycles. The molecule has 1 fully saturated rings. The highest BCUT2D eigenvalue weighted by Crippen LogP contribution is 2.40. The van der Waals surface area contributed by atoms with Gasteiger partial charge >= 0.3 is 0 Å². The van der Waals surface area contributed by atoms with Crippen LogP contribution in [0.25, 0.3) is 0 Å². The van der Waals surface area contributed by atoms with E-state index in [0.29, 0.717) is 6.04 Å². The Morgan fingerprint density at radius 2 is 1.69 bits per heavy atom. The van der Waals surface area contributed by atoms with Crippen LogP contribution in [0.4, 0.5) is 0 Å². The number of hydrogen-bond acceptors (Lipinski definition) is 2. The molecule has 1 aliphatic carbocycles. The molecule has 0 aromatic heterocycles. The summed E-state index contributed by atoms with van der Waals surface area (Å²) in [6, 6.07) is 0.488. The normalized spacial score (nSPS) is 28.9. The van der Waals surface area contributed by atoms with E-state index >= 15 is 0 Å². The molecule has 0 amide bonds. The molecule has 2 unspecified atom stereocenters. The average molecular weight is 227 g/mol. The van der Waals surface area contributed by atoms with E-state index < -0.39 is 0 Å². The summed E-state index contributed by atoms with van der Waals surface area (Å²) >= 11 is 0. The van der Waals surface area contributed by atoms with E-state index in [1.54, 1.807) is 0 Å². The van der Waals surface area contributed by atoms with Crippen LogP contribution in [0, 0.1) is 23.2 Å². The van der Waals surface area contributed by atoms with Crippen molar-refractivity contribution in [2.45, 2.75) is 60.1 Å². The molecule has 1 saturated carbocycles. The second-order valence-electron chi connectivity index (χ2n) is 6.69. The standard InChI is InChI=1S/C14H29NO/c1-9(2)11(10(3)4)8-15-12-7-13(16)14(12,5)6/h9-13,15-16H,7-8H2,1-6H3. The average Bonchev–Trinajstić information content (AvgIpc) is 2.15. The summed E-state index contributed by atoms with van der Waals surface area (Å²) < 4.78 is 0.